The van der Waals surface area contributed by atoms with Crippen molar-refractivity contribution in [3.8, 4) is 5.75 Å². The molecule has 2 aromatic rings. The van der Waals surface area contributed by atoms with Crippen LogP contribution in [0.2, 0.25) is 0 Å². The molecule has 1 aromatic heterocycles. The molecule has 0 radical (unpaired) electrons. The van der Waals surface area contributed by atoms with Gasteiger partial charge in [-0.05, 0) is 44.0 Å². The third-order valence-corrected chi connectivity index (χ3v) is 3.27. The molecule has 0 fully saturated rings. The Hall–Kier alpha value is -2.40. The number of pyridine rings is 1. The van der Waals surface area contributed by atoms with E-state index in [1.165, 1.54) is 11.8 Å². The Morgan fingerprint density at radius 1 is 1.23 bits per heavy atom. The average Bonchev–Trinajstić information content (AvgIpc) is 2.49. The Labute approximate surface area is 130 Å². The lowest BCUT2D eigenvalue weighted by molar-refractivity contribution is -0.118. The highest BCUT2D eigenvalue weighted by molar-refractivity contribution is 5.93. The highest BCUT2D eigenvalue weighted by Gasteiger charge is 2.09. The standard InChI is InChI=1S/C17H20N2O3/c1-11-6-12(2)17(13(3)7-11)19-16(21)10-22-15-5-4-14(9-20)18-8-15/h4-8,20H,9-10H2,1-3H3,(H,19,21). The van der Waals surface area contributed by atoms with Crippen molar-refractivity contribution in [2.45, 2.75) is 27.4 Å². The van der Waals surface area contributed by atoms with E-state index in [-0.39, 0.29) is 19.1 Å². The van der Waals surface area contributed by atoms with E-state index < -0.39 is 0 Å². The van der Waals surface area contributed by atoms with Crippen LogP contribution in [-0.2, 0) is 11.4 Å². The number of carbonyl (C=O) groups is 1. The van der Waals surface area contributed by atoms with Gasteiger partial charge >= 0.3 is 0 Å². The van der Waals surface area contributed by atoms with E-state index in [1.54, 1.807) is 12.1 Å². The van der Waals surface area contributed by atoms with Gasteiger partial charge in [-0.25, -0.2) is 0 Å². The fourth-order valence-corrected chi connectivity index (χ4v) is 2.29. The minimum absolute atomic E-state index is 0.0904. The minimum Gasteiger partial charge on any atom is -0.482 e. The zero-order valence-electron chi connectivity index (χ0n) is 13.0. The molecule has 2 rings (SSSR count). The smallest absolute Gasteiger partial charge is 0.262 e. The predicted octanol–water partition coefficient (Wildman–Crippen LogP) is 2.52. The molecule has 0 atom stereocenters. The Balaban J connectivity index is 1.95. The van der Waals surface area contributed by atoms with Crippen molar-refractivity contribution in [2.24, 2.45) is 0 Å². The molecule has 1 aromatic carbocycles. The summed E-state index contributed by atoms with van der Waals surface area (Å²) in [6.45, 7) is 5.75. The molecule has 116 valence electrons. The lowest BCUT2D eigenvalue weighted by Gasteiger charge is -2.13. The molecular formula is C17H20N2O3. The first-order chi connectivity index (χ1) is 10.5. The van der Waals surface area contributed by atoms with Crippen molar-refractivity contribution >= 4 is 11.6 Å². The molecule has 1 heterocycles. The number of anilines is 1. The van der Waals surface area contributed by atoms with Gasteiger partial charge in [-0.2, -0.15) is 0 Å². The van der Waals surface area contributed by atoms with Gasteiger partial charge in [0, 0.05) is 5.69 Å². The van der Waals surface area contributed by atoms with Crippen LogP contribution >= 0.6 is 0 Å². The quantitative estimate of drug-likeness (QED) is 0.890. The summed E-state index contributed by atoms with van der Waals surface area (Å²) in [6.07, 6.45) is 1.49. The molecule has 0 saturated carbocycles. The Bertz CT molecular complexity index is 643. The lowest BCUT2D eigenvalue weighted by atomic mass is 10.1. The number of hydrogen-bond acceptors (Lipinski definition) is 4. The van der Waals surface area contributed by atoms with Gasteiger partial charge < -0.3 is 15.2 Å². The highest BCUT2D eigenvalue weighted by Crippen LogP contribution is 2.21. The van der Waals surface area contributed by atoms with Crippen LogP contribution in [0.3, 0.4) is 0 Å². The summed E-state index contributed by atoms with van der Waals surface area (Å²) >= 11 is 0. The van der Waals surface area contributed by atoms with Crippen molar-refractivity contribution in [3.05, 3.63) is 52.8 Å². The first-order valence-corrected chi connectivity index (χ1v) is 7.06. The van der Waals surface area contributed by atoms with Crippen LogP contribution in [0, 0.1) is 20.8 Å². The second kappa shape index (κ2) is 7.04. The van der Waals surface area contributed by atoms with Crippen LogP contribution in [-0.4, -0.2) is 22.6 Å². The molecule has 5 nitrogen and oxygen atoms in total. The van der Waals surface area contributed by atoms with Gasteiger partial charge in [0.1, 0.15) is 5.75 Å². The van der Waals surface area contributed by atoms with Crippen molar-refractivity contribution in [1.82, 2.24) is 4.98 Å². The summed E-state index contributed by atoms with van der Waals surface area (Å²) in [5.74, 6) is 0.269. The fraction of sp³-hybridized carbons (Fsp3) is 0.294. The molecule has 0 aliphatic rings. The number of benzene rings is 1. The van der Waals surface area contributed by atoms with Crippen molar-refractivity contribution in [3.63, 3.8) is 0 Å². The molecule has 0 unspecified atom stereocenters. The van der Waals surface area contributed by atoms with Crippen molar-refractivity contribution in [1.29, 1.82) is 0 Å². The van der Waals surface area contributed by atoms with Crippen LogP contribution in [0.4, 0.5) is 5.69 Å². The summed E-state index contributed by atoms with van der Waals surface area (Å²) in [5.41, 5.74) is 4.61. The number of nitrogens with zero attached hydrogens (tertiary/aromatic N) is 1. The van der Waals surface area contributed by atoms with E-state index in [4.69, 9.17) is 9.84 Å². The molecule has 1 amide bonds. The second-order valence-electron chi connectivity index (χ2n) is 5.25. The Morgan fingerprint density at radius 2 is 1.91 bits per heavy atom. The number of amides is 1. The molecule has 0 aliphatic carbocycles. The van der Waals surface area contributed by atoms with Gasteiger partial charge in [-0.1, -0.05) is 17.7 Å². The van der Waals surface area contributed by atoms with Crippen molar-refractivity contribution < 1.29 is 14.6 Å². The number of ether oxygens (including phenoxy) is 1. The molecule has 2 N–H and O–H groups in total. The zero-order valence-corrected chi connectivity index (χ0v) is 13.0. The van der Waals surface area contributed by atoms with E-state index >= 15 is 0 Å². The number of rotatable bonds is 5. The summed E-state index contributed by atoms with van der Waals surface area (Å²) in [7, 11) is 0. The van der Waals surface area contributed by atoms with E-state index in [0.29, 0.717) is 11.4 Å². The normalized spacial score (nSPS) is 10.4. The molecule has 0 aliphatic heterocycles. The van der Waals surface area contributed by atoms with Crippen LogP contribution in [0.1, 0.15) is 22.4 Å². The Kier molecular flexibility index (Phi) is 5.12. The largest absolute Gasteiger partial charge is 0.482 e. The number of carbonyl (C=O) groups excluding carboxylic acids is 1. The zero-order chi connectivity index (χ0) is 16.1. The number of aryl methyl sites for hydroxylation is 3. The molecular weight excluding hydrogens is 280 g/mol. The fourth-order valence-electron chi connectivity index (χ4n) is 2.29. The summed E-state index contributed by atoms with van der Waals surface area (Å²) in [6, 6.07) is 7.39. The molecule has 0 spiro atoms. The summed E-state index contributed by atoms with van der Waals surface area (Å²) < 4.78 is 5.39. The first kappa shape index (κ1) is 16.0. The number of aromatic nitrogens is 1. The number of aliphatic hydroxyl groups is 1. The number of nitrogens with one attached hydrogen (secondary N) is 1. The second-order valence-corrected chi connectivity index (χ2v) is 5.25. The topological polar surface area (TPSA) is 71.5 Å². The van der Waals surface area contributed by atoms with Crippen LogP contribution in [0.5, 0.6) is 5.75 Å². The highest BCUT2D eigenvalue weighted by atomic mass is 16.5. The maximum atomic E-state index is 12.0. The van der Waals surface area contributed by atoms with E-state index in [9.17, 15) is 4.79 Å². The van der Waals surface area contributed by atoms with E-state index in [2.05, 4.69) is 10.3 Å². The maximum Gasteiger partial charge on any atom is 0.262 e. The Morgan fingerprint density at radius 3 is 2.45 bits per heavy atom. The average molecular weight is 300 g/mol. The molecule has 22 heavy (non-hydrogen) atoms. The third kappa shape index (κ3) is 4.05. The third-order valence-electron chi connectivity index (χ3n) is 3.27. The molecule has 5 heteroatoms. The van der Waals surface area contributed by atoms with E-state index in [0.717, 1.165) is 16.8 Å². The van der Waals surface area contributed by atoms with Crippen LogP contribution < -0.4 is 10.1 Å². The van der Waals surface area contributed by atoms with Gasteiger partial charge in [0.25, 0.3) is 5.91 Å². The summed E-state index contributed by atoms with van der Waals surface area (Å²) in [5, 5.41) is 11.8. The SMILES string of the molecule is Cc1cc(C)c(NC(=O)COc2ccc(CO)nc2)c(C)c1. The number of aliphatic hydroxyl groups excluding tert-OH is 1. The first-order valence-electron chi connectivity index (χ1n) is 7.06. The van der Waals surface area contributed by atoms with Crippen LogP contribution in [0.15, 0.2) is 30.5 Å². The van der Waals surface area contributed by atoms with Crippen LogP contribution in [0.25, 0.3) is 0 Å². The minimum atomic E-state index is -0.221. The van der Waals surface area contributed by atoms with Gasteiger partial charge in [-0.3, -0.25) is 9.78 Å². The summed E-state index contributed by atoms with van der Waals surface area (Å²) in [4.78, 5) is 16.0. The van der Waals surface area contributed by atoms with Gasteiger partial charge in [0.15, 0.2) is 6.61 Å². The maximum absolute atomic E-state index is 12.0. The molecule has 0 saturated heterocycles. The van der Waals surface area contributed by atoms with Gasteiger partial charge in [0.05, 0.1) is 18.5 Å². The monoisotopic (exact) mass is 300 g/mol. The van der Waals surface area contributed by atoms with Gasteiger partial charge in [-0.15, -0.1) is 0 Å². The number of hydrogen-bond donors (Lipinski definition) is 2. The lowest BCUT2D eigenvalue weighted by Crippen LogP contribution is -2.21. The van der Waals surface area contributed by atoms with E-state index in [1.807, 2.05) is 32.9 Å². The molecule has 0 bridgehead atoms. The van der Waals surface area contributed by atoms with Gasteiger partial charge in [0.2, 0.25) is 0 Å². The predicted molar refractivity (Wildman–Crippen MR) is 84.9 cm³/mol. The van der Waals surface area contributed by atoms with Crippen molar-refractivity contribution in [2.75, 3.05) is 11.9 Å².